The van der Waals surface area contributed by atoms with Gasteiger partial charge in [0.25, 0.3) is 0 Å². The number of carboxylic acid groups (broad SMARTS) is 1. The number of urea groups is 1. The van der Waals surface area contributed by atoms with Gasteiger partial charge in [-0.05, 0) is 6.92 Å². The number of carbonyl (C=O) groups is 3. The monoisotopic (exact) mass is 257 g/mol. The molecule has 0 aromatic heterocycles. The fourth-order valence-electron chi connectivity index (χ4n) is 1.75. The SMILES string of the molecule is CCN(CC(C)C(=O)O)C(=O)N1CCNC(=O)C1. The van der Waals surface area contributed by atoms with E-state index in [1.54, 1.807) is 13.8 Å². The highest BCUT2D eigenvalue weighted by Crippen LogP contribution is 2.06. The second-order valence-corrected chi connectivity index (χ2v) is 4.33. The van der Waals surface area contributed by atoms with Gasteiger partial charge in [-0.1, -0.05) is 6.92 Å². The Morgan fingerprint density at radius 1 is 1.56 bits per heavy atom. The van der Waals surface area contributed by atoms with E-state index in [0.717, 1.165) is 0 Å². The summed E-state index contributed by atoms with van der Waals surface area (Å²) < 4.78 is 0. The van der Waals surface area contributed by atoms with Crippen LogP contribution in [-0.2, 0) is 9.59 Å². The van der Waals surface area contributed by atoms with E-state index in [1.807, 2.05) is 0 Å². The highest BCUT2D eigenvalue weighted by molar-refractivity contribution is 5.85. The molecule has 0 spiro atoms. The van der Waals surface area contributed by atoms with Gasteiger partial charge in [-0.3, -0.25) is 9.59 Å². The Bertz CT molecular complexity index is 345. The molecule has 1 heterocycles. The third kappa shape index (κ3) is 3.61. The van der Waals surface area contributed by atoms with Crippen molar-refractivity contribution in [2.24, 2.45) is 5.92 Å². The van der Waals surface area contributed by atoms with Gasteiger partial charge in [0.1, 0.15) is 6.54 Å². The van der Waals surface area contributed by atoms with E-state index in [1.165, 1.54) is 9.80 Å². The second-order valence-electron chi connectivity index (χ2n) is 4.33. The van der Waals surface area contributed by atoms with Crippen LogP contribution in [0, 0.1) is 5.92 Å². The second kappa shape index (κ2) is 6.23. The van der Waals surface area contributed by atoms with Crippen LogP contribution < -0.4 is 5.32 Å². The van der Waals surface area contributed by atoms with Gasteiger partial charge in [0.15, 0.2) is 0 Å². The molecule has 1 fully saturated rings. The number of nitrogens with zero attached hydrogens (tertiary/aromatic N) is 2. The first-order valence-corrected chi connectivity index (χ1v) is 5.99. The third-order valence-corrected chi connectivity index (χ3v) is 2.88. The molecule has 0 radical (unpaired) electrons. The lowest BCUT2D eigenvalue weighted by Crippen LogP contribution is -2.54. The van der Waals surface area contributed by atoms with Crippen LogP contribution in [0.4, 0.5) is 4.79 Å². The minimum absolute atomic E-state index is 0.0385. The van der Waals surface area contributed by atoms with Crippen LogP contribution in [0.25, 0.3) is 0 Å². The minimum Gasteiger partial charge on any atom is -0.481 e. The van der Waals surface area contributed by atoms with E-state index in [9.17, 15) is 14.4 Å². The van der Waals surface area contributed by atoms with Crippen molar-refractivity contribution in [3.8, 4) is 0 Å². The summed E-state index contributed by atoms with van der Waals surface area (Å²) in [7, 11) is 0. The standard InChI is InChI=1S/C11H19N3O4/c1-3-13(6-8(2)10(16)17)11(18)14-5-4-12-9(15)7-14/h8H,3-7H2,1-2H3,(H,12,15)(H,16,17). The van der Waals surface area contributed by atoms with Crippen molar-refractivity contribution in [2.45, 2.75) is 13.8 Å². The fourth-order valence-corrected chi connectivity index (χ4v) is 1.75. The van der Waals surface area contributed by atoms with Crippen molar-refractivity contribution < 1.29 is 19.5 Å². The Labute approximate surface area is 106 Å². The lowest BCUT2D eigenvalue weighted by molar-refractivity contribution is -0.141. The zero-order valence-electron chi connectivity index (χ0n) is 10.7. The molecule has 18 heavy (non-hydrogen) atoms. The highest BCUT2D eigenvalue weighted by atomic mass is 16.4. The summed E-state index contributed by atoms with van der Waals surface area (Å²) in [4.78, 5) is 37.0. The van der Waals surface area contributed by atoms with Crippen molar-refractivity contribution >= 4 is 17.9 Å². The molecule has 1 saturated heterocycles. The largest absolute Gasteiger partial charge is 0.481 e. The van der Waals surface area contributed by atoms with E-state index >= 15 is 0 Å². The molecule has 1 atom stereocenters. The predicted molar refractivity (Wildman–Crippen MR) is 64.0 cm³/mol. The Morgan fingerprint density at radius 2 is 2.22 bits per heavy atom. The van der Waals surface area contributed by atoms with Crippen LogP contribution in [0.3, 0.4) is 0 Å². The molecule has 0 bridgehead atoms. The van der Waals surface area contributed by atoms with Gasteiger partial charge in [-0.25, -0.2) is 4.79 Å². The first-order chi connectivity index (χ1) is 8.45. The quantitative estimate of drug-likeness (QED) is 0.716. The molecule has 102 valence electrons. The molecule has 1 aliphatic heterocycles. The molecule has 7 heteroatoms. The number of piperazine rings is 1. The number of aliphatic carboxylic acids is 1. The highest BCUT2D eigenvalue weighted by Gasteiger charge is 2.26. The summed E-state index contributed by atoms with van der Waals surface area (Å²) in [6, 6.07) is -0.277. The van der Waals surface area contributed by atoms with Crippen molar-refractivity contribution in [1.29, 1.82) is 0 Å². The summed E-state index contributed by atoms with van der Waals surface area (Å²) in [6.07, 6.45) is 0. The number of rotatable bonds is 4. The van der Waals surface area contributed by atoms with Crippen molar-refractivity contribution in [3.05, 3.63) is 0 Å². The molecule has 2 N–H and O–H groups in total. The molecule has 0 saturated carbocycles. The van der Waals surface area contributed by atoms with Crippen LogP contribution in [0.2, 0.25) is 0 Å². The van der Waals surface area contributed by atoms with Crippen molar-refractivity contribution in [2.75, 3.05) is 32.7 Å². The number of hydrogen-bond donors (Lipinski definition) is 2. The Balaban J connectivity index is 2.61. The molecule has 1 rings (SSSR count). The lowest BCUT2D eigenvalue weighted by atomic mass is 10.2. The zero-order chi connectivity index (χ0) is 13.7. The van der Waals surface area contributed by atoms with Gasteiger partial charge in [0.05, 0.1) is 5.92 Å². The molecular weight excluding hydrogens is 238 g/mol. The average molecular weight is 257 g/mol. The van der Waals surface area contributed by atoms with E-state index < -0.39 is 11.9 Å². The molecule has 0 aromatic carbocycles. The maximum absolute atomic E-state index is 12.1. The molecular formula is C11H19N3O4. The first-order valence-electron chi connectivity index (χ1n) is 5.99. The molecule has 1 unspecified atom stereocenters. The van der Waals surface area contributed by atoms with Crippen LogP contribution in [0.15, 0.2) is 0 Å². The van der Waals surface area contributed by atoms with Crippen LogP contribution >= 0.6 is 0 Å². The Morgan fingerprint density at radius 3 is 2.72 bits per heavy atom. The van der Waals surface area contributed by atoms with Crippen LogP contribution in [0.1, 0.15) is 13.8 Å². The number of nitrogens with one attached hydrogen (secondary N) is 1. The maximum atomic E-state index is 12.1. The third-order valence-electron chi connectivity index (χ3n) is 2.88. The Kier molecular flexibility index (Phi) is 4.94. The number of amides is 3. The summed E-state index contributed by atoms with van der Waals surface area (Å²) in [5.74, 6) is -1.73. The maximum Gasteiger partial charge on any atom is 0.320 e. The molecule has 7 nitrogen and oxygen atoms in total. The van der Waals surface area contributed by atoms with Crippen LogP contribution in [-0.4, -0.2) is 65.5 Å². The van der Waals surface area contributed by atoms with E-state index in [2.05, 4.69) is 5.32 Å². The summed E-state index contributed by atoms with van der Waals surface area (Å²) in [6.45, 7) is 4.87. The molecule has 3 amide bonds. The molecule has 1 aliphatic rings. The lowest BCUT2D eigenvalue weighted by Gasteiger charge is -2.32. The fraction of sp³-hybridized carbons (Fsp3) is 0.727. The molecule has 0 aliphatic carbocycles. The minimum atomic E-state index is -0.933. The van der Waals surface area contributed by atoms with Gasteiger partial charge in [-0.15, -0.1) is 0 Å². The predicted octanol–water partition coefficient (Wildman–Crippen LogP) is -0.419. The summed E-state index contributed by atoms with van der Waals surface area (Å²) >= 11 is 0. The van der Waals surface area contributed by atoms with Gasteiger partial charge in [0, 0.05) is 26.2 Å². The van der Waals surface area contributed by atoms with Crippen LogP contribution in [0.5, 0.6) is 0 Å². The topological polar surface area (TPSA) is 90.0 Å². The summed E-state index contributed by atoms with van der Waals surface area (Å²) in [5, 5.41) is 11.5. The summed E-state index contributed by atoms with van der Waals surface area (Å²) in [5.41, 5.74) is 0. The molecule has 0 aromatic rings. The van der Waals surface area contributed by atoms with Crippen molar-refractivity contribution in [1.82, 2.24) is 15.1 Å². The number of carbonyl (C=O) groups excluding carboxylic acids is 2. The van der Waals surface area contributed by atoms with E-state index in [0.29, 0.717) is 19.6 Å². The normalized spacial score (nSPS) is 17.0. The van der Waals surface area contributed by atoms with Gasteiger partial charge < -0.3 is 20.2 Å². The van der Waals surface area contributed by atoms with Crippen molar-refractivity contribution in [3.63, 3.8) is 0 Å². The van der Waals surface area contributed by atoms with Gasteiger partial charge in [0.2, 0.25) is 5.91 Å². The zero-order valence-corrected chi connectivity index (χ0v) is 10.7. The number of hydrogen-bond acceptors (Lipinski definition) is 3. The van der Waals surface area contributed by atoms with E-state index in [4.69, 9.17) is 5.11 Å². The van der Waals surface area contributed by atoms with Gasteiger partial charge in [-0.2, -0.15) is 0 Å². The average Bonchev–Trinajstić information content (AvgIpc) is 2.34. The number of carboxylic acids is 1. The first kappa shape index (κ1) is 14.3. The van der Waals surface area contributed by atoms with E-state index in [-0.39, 0.29) is 25.0 Å². The smallest absolute Gasteiger partial charge is 0.320 e. The Hall–Kier alpha value is -1.79. The van der Waals surface area contributed by atoms with Gasteiger partial charge >= 0.3 is 12.0 Å².